The molecule has 1 heterocycles. The highest BCUT2D eigenvalue weighted by Gasteiger charge is 2.24. The predicted molar refractivity (Wildman–Crippen MR) is 90.5 cm³/mol. The van der Waals surface area contributed by atoms with E-state index in [1.165, 1.54) is 51.0 Å². The fraction of sp³-hybridized carbons (Fsp3) is 0.650. The van der Waals surface area contributed by atoms with Crippen molar-refractivity contribution in [2.75, 3.05) is 6.61 Å². The number of unbranched alkanes of at least 4 members (excludes halogenated alkanes) is 5. The molecule has 2 rings (SSSR count). The second-order valence-corrected chi connectivity index (χ2v) is 6.66. The van der Waals surface area contributed by atoms with E-state index in [4.69, 9.17) is 10.00 Å². The van der Waals surface area contributed by atoms with Crippen LogP contribution in [0.5, 0.6) is 0 Å². The van der Waals surface area contributed by atoms with Crippen molar-refractivity contribution in [2.45, 2.75) is 70.8 Å². The van der Waals surface area contributed by atoms with E-state index in [1.54, 1.807) is 6.07 Å². The van der Waals surface area contributed by atoms with Crippen molar-refractivity contribution >= 4 is 0 Å². The molecule has 0 saturated carbocycles. The molecular weight excluding hydrogens is 289 g/mol. The molecule has 0 amide bonds. The van der Waals surface area contributed by atoms with Crippen LogP contribution in [0.3, 0.4) is 0 Å². The van der Waals surface area contributed by atoms with Gasteiger partial charge in [0, 0.05) is 6.61 Å². The molecule has 3 heteroatoms. The van der Waals surface area contributed by atoms with Gasteiger partial charge in [0.05, 0.1) is 11.7 Å². The van der Waals surface area contributed by atoms with Gasteiger partial charge < -0.3 is 4.74 Å². The Morgan fingerprint density at radius 3 is 2.74 bits per heavy atom. The molecule has 1 aliphatic rings. The molecule has 1 fully saturated rings. The highest BCUT2D eigenvalue weighted by molar-refractivity contribution is 5.34. The molecule has 2 atom stereocenters. The molecule has 1 aromatic rings. The monoisotopic (exact) mass is 317 g/mol. The molecule has 0 bridgehead atoms. The van der Waals surface area contributed by atoms with Crippen molar-refractivity contribution in [3.8, 4) is 6.07 Å². The summed E-state index contributed by atoms with van der Waals surface area (Å²) in [5.41, 5.74) is 0.974. The number of nitrogens with zero attached hydrogens (tertiary/aromatic N) is 1. The first-order valence-corrected chi connectivity index (χ1v) is 9.05. The molecule has 0 aliphatic carbocycles. The Kier molecular flexibility index (Phi) is 7.55. The lowest BCUT2D eigenvalue weighted by Crippen LogP contribution is -2.20. The average Bonchev–Trinajstić information content (AvgIpc) is 2.58. The van der Waals surface area contributed by atoms with Crippen LogP contribution in [0, 0.1) is 23.1 Å². The minimum atomic E-state index is -0.438. The topological polar surface area (TPSA) is 33.0 Å². The van der Waals surface area contributed by atoms with Crippen molar-refractivity contribution in [2.24, 2.45) is 5.92 Å². The largest absolute Gasteiger partial charge is 0.374 e. The Labute approximate surface area is 139 Å². The van der Waals surface area contributed by atoms with Crippen LogP contribution in [0.4, 0.5) is 4.39 Å². The zero-order valence-electron chi connectivity index (χ0n) is 14.2. The Morgan fingerprint density at radius 2 is 2.00 bits per heavy atom. The van der Waals surface area contributed by atoms with E-state index in [2.05, 4.69) is 6.92 Å². The smallest absolute Gasteiger partial charge is 0.141 e. The van der Waals surface area contributed by atoms with Crippen LogP contribution in [-0.4, -0.2) is 6.61 Å². The molecule has 0 spiro atoms. The molecule has 1 saturated heterocycles. The number of ether oxygens (including phenoxy) is 1. The van der Waals surface area contributed by atoms with Gasteiger partial charge in [0.25, 0.3) is 0 Å². The zero-order valence-corrected chi connectivity index (χ0v) is 14.2. The van der Waals surface area contributed by atoms with Gasteiger partial charge in [0.1, 0.15) is 11.9 Å². The van der Waals surface area contributed by atoms with Crippen LogP contribution in [0.25, 0.3) is 0 Å². The summed E-state index contributed by atoms with van der Waals surface area (Å²) >= 11 is 0. The van der Waals surface area contributed by atoms with Crippen LogP contribution in [0.2, 0.25) is 0 Å². The fourth-order valence-electron chi connectivity index (χ4n) is 3.40. The highest BCUT2D eigenvalue weighted by atomic mass is 19.1. The van der Waals surface area contributed by atoms with Crippen LogP contribution in [0.1, 0.15) is 81.9 Å². The number of hydrogen-bond acceptors (Lipinski definition) is 2. The number of hydrogen-bond donors (Lipinski definition) is 0. The van der Waals surface area contributed by atoms with Gasteiger partial charge in [-0.1, -0.05) is 57.9 Å². The summed E-state index contributed by atoms with van der Waals surface area (Å²) in [7, 11) is 0. The van der Waals surface area contributed by atoms with Gasteiger partial charge in [0.2, 0.25) is 0 Å². The number of nitriles is 1. The van der Waals surface area contributed by atoms with E-state index in [0.717, 1.165) is 25.0 Å². The molecule has 2 unspecified atom stereocenters. The number of benzene rings is 1. The van der Waals surface area contributed by atoms with Crippen LogP contribution in [-0.2, 0) is 4.74 Å². The van der Waals surface area contributed by atoms with Gasteiger partial charge in [-0.25, -0.2) is 4.39 Å². The first-order valence-electron chi connectivity index (χ1n) is 9.05. The molecule has 126 valence electrons. The maximum Gasteiger partial charge on any atom is 0.141 e. The normalized spacial score (nSPS) is 21.1. The van der Waals surface area contributed by atoms with Gasteiger partial charge in [-0.05, 0) is 36.5 Å². The maximum atomic E-state index is 13.8. The second kappa shape index (κ2) is 9.67. The summed E-state index contributed by atoms with van der Waals surface area (Å²) in [6.45, 7) is 3.00. The summed E-state index contributed by atoms with van der Waals surface area (Å²) in [5.74, 6) is 0.241. The van der Waals surface area contributed by atoms with Crippen LogP contribution in [0.15, 0.2) is 18.2 Å². The van der Waals surface area contributed by atoms with E-state index in [0.29, 0.717) is 5.92 Å². The third-order valence-electron chi connectivity index (χ3n) is 4.84. The zero-order chi connectivity index (χ0) is 16.5. The van der Waals surface area contributed by atoms with E-state index >= 15 is 0 Å². The van der Waals surface area contributed by atoms with Crippen molar-refractivity contribution in [3.05, 3.63) is 35.1 Å². The molecule has 1 aromatic carbocycles. The highest BCUT2D eigenvalue weighted by Crippen LogP contribution is 2.34. The standard InChI is InChI=1S/C20H28FNO/c1-2-3-4-5-6-7-8-16-11-12-23-20(13-16)17-9-10-18(15-22)19(21)14-17/h9-10,14,16,20H,2-8,11-13H2,1H3. The molecule has 2 nitrogen and oxygen atoms in total. The Balaban J connectivity index is 1.79. The van der Waals surface area contributed by atoms with Crippen molar-refractivity contribution in [3.63, 3.8) is 0 Å². The number of halogens is 1. The molecule has 23 heavy (non-hydrogen) atoms. The molecular formula is C20H28FNO. The maximum absolute atomic E-state index is 13.8. The lowest BCUT2D eigenvalue weighted by atomic mass is 9.87. The lowest BCUT2D eigenvalue weighted by molar-refractivity contribution is -0.0127. The van der Waals surface area contributed by atoms with Gasteiger partial charge in [-0.2, -0.15) is 5.26 Å². The predicted octanol–water partition coefficient (Wildman–Crippen LogP) is 5.92. The molecule has 0 N–H and O–H groups in total. The van der Waals surface area contributed by atoms with E-state index in [-0.39, 0.29) is 11.7 Å². The van der Waals surface area contributed by atoms with Crippen LogP contribution >= 0.6 is 0 Å². The second-order valence-electron chi connectivity index (χ2n) is 6.66. The minimum Gasteiger partial charge on any atom is -0.374 e. The summed E-state index contributed by atoms with van der Waals surface area (Å²) < 4.78 is 19.6. The van der Waals surface area contributed by atoms with Gasteiger partial charge in [-0.15, -0.1) is 0 Å². The van der Waals surface area contributed by atoms with E-state index < -0.39 is 5.82 Å². The van der Waals surface area contributed by atoms with E-state index in [9.17, 15) is 4.39 Å². The first kappa shape index (κ1) is 17.9. The lowest BCUT2D eigenvalue weighted by Gasteiger charge is -2.30. The Hall–Kier alpha value is -1.40. The van der Waals surface area contributed by atoms with Crippen molar-refractivity contribution in [1.29, 1.82) is 5.26 Å². The average molecular weight is 317 g/mol. The summed E-state index contributed by atoms with van der Waals surface area (Å²) in [4.78, 5) is 0. The van der Waals surface area contributed by atoms with Gasteiger partial charge >= 0.3 is 0 Å². The van der Waals surface area contributed by atoms with Crippen molar-refractivity contribution < 1.29 is 9.13 Å². The van der Waals surface area contributed by atoms with Crippen LogP contribution < -0.4 is 0 Å². The Bertz CT molecular complexity index is 523. The summed E-state index contributed by atoms with van der Waals surface area (Å²) in [6.07, 6.45) is 11.3. The summed E-state index contributed by atoms with van der Waals surface area (Å²) in [5, 5.41) is 8.81. The van der Waals surface area contributed by atoms with Crippen molar-refractivity contribution in [1.82, 2.24) is 0 Å². The van der Waals surface area contributed by atoms with E-state index in [1.807, 2.05) is 12.1 Å². The third-order valence-corrected chi connectivity index (χ3v) is 4.84. The quantitative estimate of drug-likeness (QED) is 0.558. The molecule has 0 aromatic heterocycles. The minimum absolute atomic E-state index is 0.0175. The number of rotatable bonds is 8. The fourth-order valence-corrected chi connectivity index (χ4v) is 3.40. The SMILES string of the molecule is CCCCCCCCC1CCOC(c2ccc(C#N)c(F)c2)C1. The first-order chi connectivity index (χ1) is 11.2. The molecule has 1 aliphatic heterocycles. The summed E-state index contributed by atoms with van der Waals surface area (Å²) in [6, 6.07) is 6.73. The molecule has 0 radical (unpaired) electrons. The third kappa shape index (κ3) is 5.62. The Morgan fingerprint density at radius 1 is 1.22 bits per heavy atom. The van der Waals surface area contributed by atoms with Gasteiger partial charge in [0.15, 0.2) is 0 Å². The van der Waals surface area contributed by atoms with Gasteiger partial charge in [-0.3, -0.25) is 0 Å².